The number of carbonyl (C=O) groups excluding carboxylic acids is 1. The third-order valence-corrected chi connectivity index (χ3v) is 5.03. The Morgan fingerprint density at radius 1 is 0.909 bits per heavy atom. The number of Topliss-reactive ketones (excluding diaryl/α,β-unsaturated/α-hetero) is 1. The highest BCUT2D eigenvalue weighted by Crippen LogP contribution is 2.41. The Labute approximate surface area is 127 Å². The number of ether oxygens (including phenoxy) is 1. The van der Waals surface area contributed by atoms with Gasteiger partial charge in [0, 0.05) is 18.8 Å². The van der Waals surface area contributed by atoms with Crippen molar-refractivity contribution in [2.24, 2.45) is 11.8 Å². The Kier molecular flexibility index (Phi) is 4.15. The van der Waals surface area contributed by atoms with Gasteiger partial charge in [0.25, 0.3) is 0 Å². The van der Waals surface area contributed by atoms with Crippen molar-refractivity contribution in [2.45, 2.75) is 62.6 Å². The van der Waals surface area contributed by atoms with E-state index in [9.17, 15) is 30.3 Å². The molecule has 7 heteroatoms. The molecule has 2 fully saturated rings. The molecule has 0 radical (unpaired) electrons. The number of ketones is 1. The van der Waals surface area contributed by atoms with Crippen LogP contribution in [0.15, 0.2) is 11.5 Å². The SMILES string of the molecule is O=C1C(O)=C(C2CCC(O)C(O)C2)OC2CC(O)CC(O)C12. The van der Waals surface area contributed by atoms with E-state index in [2.05, 4.69) is 0 Å². The molecule has 0 aromatic carbocycles. The summed E-state index contributed by atoms with van der Waals surface area (Å²) < 4.78 is 5.73. The molecule has 7 nitrogen and oxygen atoms in total. The molecule has 0 aromatic heterocycles. The number of aliphatic hydroxyl groups excluding tert-OH is 5. The van der Waals surface area contributed by atoms with Crippen molar-refractivity contribution in [3.8, 4) is 0 Å². The van der Waals surface area contributed by atoms with Crippen molar-refractivity contribution in [1.82, 2.24) is 0 Å². The molecule has 22 heavy (non-hydrogen) atoms. The van der Waals surface area contributed by atoms with E-state index in [-0.39, 0.29) is 30.9 Å². The summed E-state index contributed by atoms with van der Waals surface area (Å²) in [5, 5.41) is 49.2. The molecule has 2 saturated carbocycles. The molecule has 3 aliphatic rings. The van der Waals surface area contributed by atoms with Gasteiger partial charge in [0.15, 0.2) is 5.76 Å². The summed E-state index contributed by atoms with van der Waals surface area (Å²) in [7, 11) is 0. The smallest absolute Gasteiger partial charge is 0.210 e. The fraction of sp³-hybridized carbons (Fsp3) is 0.800. The lowest BCUT2D eigenvalue weighted by atomic mass is 9.76. The van der Waals surface area contributed by atoms with Gasteiger partial charge in [-0.05, 0) is 19.3 Å². The van der Waals surface area contributed by atoms with E-state index < -0.39 is 48.0 Å². The molecule has 7 unspecified atom stereocenters. The van der Waals surface area contributed by atoms with E-state index in [1.807, 2.05) is 0 Å². The molecular weight excluding hydrogens is 292 g/mol. The number of fused-ring (bicyclic) bond motifs is 1. The van der Waals surface area contributed by atoms with E-state index >= 15 is 0 Å². The molecule has 1 heterocycles. The lowest BCUT2D eigenvalue weighted by molar-refractivity contribution is -0.149. The first-order valence-electron chi connectivity index (χ1n) is 7.74. The minimum absolute atomic E-state index is 0.0905. The Balaban J connectivity index is 1.84. The largest absolute Gasteiger partial charge is 0.502 e. The van der Waals surface area contributed by atoms with Gasteiger partial charge in [-0.2, -0.15) is 0 Å². The summed E-state index contributed by atoms with van der Waals surface area (Å²) in [6, 6.07) is 0. The van der Waals surface area contributed by atoms with Crippen molar-refractivity contribution >= 4 is 5.78 Å². The maximum absolute atomic E-state index is 12.3. The highest BCUT2D eigenvalue weighted by molar-refractivity contribution is 5.97. The van der Waals surface area contributed by atoms with Gasteiger partial charge in [0.2, 0.25) is 5.78 Å². The second-order valence-corrected chi connectivity index (χ2v) is 6.60. The van der Waals surface area contributed by atoms with Gasteiger partial charge in [-0.25, -0.2) is 0 Å². The summed E-state index contributed by atoms with van der Waals surface area (Å²) in [4.78, 5) is 12.3. The van der Waals surface area contributed by atoms with Crippen LogP contribution in [-0.2, 0) is 9.53 Å². The third kappa shape index (κ3) is 2.62. The summed E-state index contributed by atoms with van der Waals surface area (Å²) >= 11 is 0. The second kappa shape index (κ2) is 5.81. The molecule has 0 bridgehead atoms. The van der Waals surface area contributed by atoms with Gasteiger partial charge < -0.3 is 30.3 Å². The Bertz CT molecular complexity index is 488. The lowest BCUT2D eigenvalue weighted by Crippen LogP contribution is -2.51. The molecule has 124 valence electrons. The quantitative estimate of drug-likeness (QED) is 0.436. The van der Waals surface area contributed by atoms with Crippen LogP contribution in [0.2, 0.25) is 0 Å². The van der Waals surface area contributed by atoms with Crippen LogP contribution in [0.1, 0.15) is 32.1 Å². The molecule has 7 atom stereocenters. The van der Waals surface area contributed by atoms with E-state index in [0.717, 1.165) is 0 Å². The highest BCUT2D eigenvalue weighted by atomic mass is 16.5. The zero-order chi connectivity index (χ0) is 16.0. The monoisotopic (exact) mass is 314 g/mol. The van der Waals surface area contributed by atoms with Gasteiger partial charge >= 0.3 is 0 Å². The Hall–Kier alpha value is -1.15. The maximum atomic E-state index is 12.3. The first-order valence-corrected chi connectivity index (χ1v) is 7.74. The number of aliphatic hydroxyl groups is 5. The summed E-state index contributed by atoms with van der Waals surface area (Å²) in [5.74, 6) is -2.14. The number of allylic oxidation sites excluding steroid dienone is 2. The van der Waals surface area contributed by atoms with Crippen molar-refractivity contribution < 1.29 is 35.1 Å². The Morgan fingerprint density at radius 2 is 1.64 bits per heavy atom. The standard InChI is InChI=1S/C15H22O7/c16-7-4-10(19)12-11(5-7)22-15(14(21)13(12)20)6-1-2-8(17)9(18)3-6/h6-12,16-19,21H,1-5H2. The van der Waals surface area contributed by atoms with Crippen LogP contribution in [-0.4, -0.2) is 61.8 Å². The average Bonchev–Trinajstić information content (AvgIpc) is 2.45. The topological polar surface area (TPSA) is 127 Å². The van der Waals surface area contributed by atoms with Crippen molar-refractivity contribution in [3.05, 3.63) is 11.5 Å². The molecule has 0 amide bonds. The zero-order valence-electron chi connectivity index (χ0n) is 12.1. The van der Waals surface area contributed by atoms with Gasteiger partial charge in [0.1, 0.15) is 11.9 Å². The van der Waals surface area contributed by atoms with E-state index in [0.29, 0.717) is 12.8 Å². The molecule has 0 saturated heterocycles. The first kappa shape index (κ1) is 15.7. The predicted molar refractivity (Wildman–Crippen MR) is 73.6 cm³/mol. The summed E-state index contributed by atoms with van der Waals surface area (Å²) in [6.07, 6.45) is -2.80. The number of hydrogen-bond donors (Lipinski definition) is 5. The number of hydrogen-bond acceptors (Lipinski definition) is 7. The van der Waals surface area contributed by atoms with E-state index in [1.54, 1.807) is 0 Å². The fourth-order valence-corrected chi connectivity index (χ4v) is 3.81. The van der Waals surface area contributed by atoms with E-state index in [1.165, 1.54) is 0 Å². The fourth-order valence-electron chi connectivity index (χ4n) is 3.81. The molecule has 3 rings (SSSR count). The minimum atomic E-state index is -1.04. The molecule has 0 aromatic rings. The van der Waals surface area contributed by atoms with Gasteiger partial charge in [-0.1, -0.05) is 0 Å². The Morgan fingerprint density at radius 3 is 2.32 bits per heavy atom. The molecule has 5 N–H and O–H groups in total. The summed E-state index contributed by atoms with van der Waals surface area (Å²) in [5.41, 5.74) is 0. The van der Waals surface area contributed by atoms with Crippen molar-refractivity contribution in [1.29, 1.82) is 0 Å². The van der Waals surface area contributed by atoms with Crippen molar-refractivity contribution in [2.75, 3.05) is 0 Å². The zero-order valence-corrected chi connectivity index (χ0v) is 12.1. The number of carbonyl (C=O) groups is 1. The van der Waals surface area contributed by atoms with Crippen LogP contribution < -0.4 is 0 Å². The van der Waals surface area contributed by atoms with Crippen LogP contribution in [0, 0.1) is 11.8 Å². The van der Waals surface area contributed by atoms with Crippen LogP contribution in [0.3, 0.4) is 0 Å². The average molecular weight is 314 g/mol. The van der Waals surface area contributed by atoms with Crippen LogP contribution >= 0.6 is 0 Å². The lowest BCUT2D eigenvalue weighted by Gasteiger charge is -2.42. The summed E-state index contributed by atoms with van der Waals surface area (Å²) in [6.45, 7) is 0. The molecule has 0 spiro atoms. The minimum Gasteiger partial charge on any atom is -0.502 e. The molecule has 1 aliphatic heterocycles. The van der Waals surface area contributed by atoms with E-state index in [4.69, 9.17) is 4.74 Å². The van der Waals surface area contributed by atoms with Crippen LogP contribution in [0.4, 0.5) is 0 Å². The van der Waals surface area contributed by atoms with Crippen molar-refractivity contribution in [3.63, 3.8) is 0 Å². The predicted octanol–water partition coefficient (Wildman–Crippen LogP) is -0.622. The third-order valence-electron chi connectivity index (χ3n) is 5.03. The maximum Gasteiger partial charge on any atom is 0.210 e. The van der Waals surface area contributed by atoms with Gasteiger partial charge in [-0.3, -0.25) is 4.79 Å². The normalized spacial score (nSPS) is 46.2. The number of rotatable bonds is 1. The van der Waals surface area contributed by atoms with Gasteiger partial charge in [0.05, 0.1) is 30.3 Å². The van der Waals surface area contributed by atoms with Crippen LogP contribution in [0.5, 0.6) is 0 Å². The molecule has 2 aliphatic carbocycles. The molecular formula is C15H22O7. The first-order chi connectivity index (χ1) is 10.4. The van der Waals surface area contributed by atoms with Crippen LogP contribution in [0.25, 0.3) is 0 Å². The second-order valence-electron chi connectivity index (χ2n) is 6.60. The van der Waals surface area contributed by atoms with Gasteiger partial charge in [-0.15, -0.1) is 0 Å². The highest BCUT2D eigenvalue weighted by Gasteiger charge is 2.49.